The first-order valence-corrected chi connectivity index (χ1v) is 8.31. The summed E-state index contributed by atoms with van der Waals surface area (Å²) in [5.41, 5.74) is 3.57. The van der Waals surface area contributed by atoms with E-state index in [4.69, 9.17) is 0 Å². The van der Waals surface area contributed by atoms with Crippen LogP contribution in [0.25, 0.3) is 0 Å². The fraction of sp³-hybridized carbons (Fsp3) is 0.421. The molecular formula is C19H27N5O. The third-order valence-electron chi connectivity index (χ3n) is 4.12. The van der Waals surface area contributed by atoms with Gasteiger partial charge in [-0.1, -0.05) is 29.8 Å². The van der Waals surface area contributed by atoms with E-state index >= 15 is 0 Å². The van der Waals surface area contributed by atoms with Crippen LogP contribution >= 0.6 is 0 Å². The fourth-order valence-electron chi connectivity index (χ4n) is 2.65. The van der Waals surface area contributed by atoms with Gasteiger partial charge in [0.15, 0.2) is 0 Å². The molecule has 1 amide bonds. The summed E-state index contributed by atoms with van der Waals surface area (Å²) in [5, 5.41) is 3.01. The van der Waals surface area contributed by atoms with Crippen molar-refractivity contribution in [2.24, 2.45) is 0 Å². The first-order chi connectivity index (χ1) is 11.8. The van der Waals surface area contributed by atoms with Gasteiger partial charge >= 0.3 is 0 Å². The number of likely N-dealkylation sites (N-methyl/N-ethyl adjacent to an activating group) is 1. The van der Waals surface area contributed by atoms with Crippen LogP contribution in [0.15, 0.2) is 30.5 Å². The van der Waals surface area contributed by atoms with Gasteiger partial charge in [0.2, 0.25) is 5.95 Å². The molecule has 0 saturated carbocycles. The standard InChI is InChI=1S/C19H27N5O/c1-13-8-7-9-15(10-13)17(23(3)4)12-20-18(25)16-11-21-19(24(5)6)22-14(16)2/h7-11,17H,12H2,1-6H3,(H,20,25)/t17-/m1/s1. The number of hydrogen-bond donors (Lipinski definition) is 1. The Morgan fingerprint density at radius 2 is 1.92 bits per heavy atom. The van der Waals surface area contributed by atoms with Gasteiger partial charge in [-0.2, -0.15) is 0 Å². The average molecular weight is 341 g/mol. The van der Waals surface area contributed by atoms with Crippen LogP contribution in [0, 0.1) is 13.8 Å². The molecule has 0 bridgehead atoms. The summed E-state index contributed by atoms with van der Waals surface area (Å²) in [4.78, 5) is 25.1. The molecule has 0 saturated heterocycles. The van der Waals surface area contributed by atoms with Crippen LogP contribution in [0.2, 0.25) is 0 Å². The molecule has 1 atom stereocenters. The highest BCUT2D eigenvalue weighted by molar-refractivity contribution is 5.95. The van der Waals surface area contributed by atoms with Crippen LogP contribution in [0.5, 0.6) is 0 Å². The molecule has 1 N–H and O–H groups in total. The van der Waals surface area contributed by atoms with Crippen LogP contribution in [-0.2, 0) is 0 Å². The van der Waals surface area contributed by atoms with Gasteiger partial charge in [-0.15, -0.1) is 0 Å². The number of aryl methyl sites for hydroxylation is 2. The molecule has 1 aromatic heterocycles. The summed E-state index contributed by atoms with van der Waals surface area (Å²) in [6.07, 6.45) is 1.59. The maximum Gasteiger partial charge on any atom is 0.254 e. The zero-order valence-corrected chi connectivity index (χ0v) is 15.9. The van der Waals surface area contributed by atoms with Crippen molar-refractivity contribution in [1.82, 2.24) is 20.2 Å². The molecule has 1 aromatic carbocycles. The third kappa shape index (κ3) is 4.76. The van der Waals surface area contributed by atoms with Gasteiger partial charge in [-0.05, 0) is 33.5 Å². The summed E-state index contributed by atoms with van der Waals surface area (Å²) in [6, 6.07) is 8.45. The van der Waals surface area contributed by atoms with Crippen molar-refractivity contribution in [2.75, 3.05) is 39.6 Å². The van der Waals surface area contributed by atoms with Gasteiger partial charge in [0.25, 0.3) is 5.91 Å². The van der Waals surface area contributed by atoms with Crippen molar-refractivity contribution < 1.29 is 4.79 Å². The molecule has 6 heteroatoms. The second-order valence-electron chi connectivity index (χ2n) is 6.67. The zero-order chi connectivity index (χ0) is 18.6. The van der Waals surface area contributed by atoms with Crippen molar-refractivity contribution in [3.8, 4) is 0 Å². The topological polar surface area (TPSA) is 61.4 Å². The molecule has 0 aliphatic heterocycles. The third-order valence-corrected chi connectivity index (χ3v) is 4.12. The van der Waals surface area contributed by atoms with Gasteiger partial charge in [0, 0.05) is 26.8 Å². The first kappa shape index (κ1) is 18.9. The number of hydrogen-bond acceptors (Lipinski definition) is 5. The Hall–Kier alpha value is -2.47. The largest absolute Gasteiger partial charge is 0.350 e. The summed E-state index contributed by atoms with van der Waals surface area (Å²) >= 11 is 0. The van der Waals surface area contributed by atoms with E-state index < -0.39 is 0 Å². The second-order valence-corrected chi connectivity index (χ2v) is 6.67. The number of nitrogens with one attached hydrogen (secondary N) is 1. The van der Waals surface area contributed by atoms with E-state index in [9.17, 15) is 4.79 Å². The number of carbonyl (C=O) groups excluding carboxylic acids is 1. The molecule has 134 valence electrons. The molecule has 0 unspecified atom stereocenters. The van der Waals surface area contributed by atoms with Crippen LogP contribution < -0.4 is 10.2 Å². The molecule has 0 aliphatic carbocycles. The molecule has 0 radical (unpaired) electrons. The van der Waals surface area contributed by atoms with Crippen LogP contribution in [0.3, 0.4) is 0 Å². The predicted octanol–water partition coefficient (Wildman–Crippen LogP) is 2.19. The first-order valence-electron chi connectivity index (χ1n) is 8.31. The molecular weight excluding hydrogens is 314 g/mol. The highest BCUT2D eigenvalue weighted by atomic mass is 16.1. The monoisotopic (exact) mass is 341 g/mol. The van der Waals surface area contributed by atoms with E-state index in [1.807, 2.05) is 46.1 Å². The van der Waals surface area contributed by atoms with E-state index in [0.29, 0.717) is 23.8 Å². The number of amides is 1. The van der Waals surface area contributed by atoms with Crippen molar-refractivity contribution >= 4 is 11.9 Å². The highest BCUT2D eigenvalue weighted by Gasteiger charge is 2.18. The number of anilines is 1. The summed E-state index contributed by atoms with van der Waals surface area (Å²) < 4.78 is 0. The minimum absolute atomic E-state index is 0.103. The number of benzene rings is 1. The average Bonchev–Trinajstić information content (AvgIpc) is 2.54. The second kappa shape index (κ2) is 8.07. The maximum absolute atomic E-state index is 12.5. The molecule has 1 heterocycles. The predicted molar refractivity (Wildman–Crippen MR) is 101 cm³/mol. The molecule has 6 nitrogen and oxygen atoms in total. The Bertz CT molecular complexity index is 742. The molecule has 2 rings (SSSR count). The molecule has 25 heavy (non-hydrogen) atoms. The number of nitrogens with zero attached hydrogens (tertiary/aromatic N) is 4. The minimum Gasteiger partial charge on any atom is -0.350 e. The van der Waals surface area contributed by atoms with E-state index in [-0.39, 0.29) is 11.9 Å². The van der Waals surface area contributed by atoms with Crippen molar-refractivity contribution in [3.63, 3.8) is 0 Å². The van der Waals surface area contributed by atoms with E-state index in [0.717, 1.165) is 0 Å². The molecule has 0 fully saturated rings. The normalized spacial score (nSPS) is 12.1. The van der Waals surface area contributed by atoms with Crippen LogP contribution in [0.1, 0.15) is 33.2 Å². The van der Waals surface area contributed by atoms with Gasteiger partial charge in [-0.3, -0.25) is 4.79 Å². The van der Waals surface area contributed by atoms with Gasteiger partial charge in [0.1, 0.15) is 0 Å². The van der Waals surface area contributed by atoms with E-state index in [1.165, 1.54) is 11.1 Å². The number of rotatable bonds is 6. The maximum atomic E-state index is 12.5. The van der Waals surface area contributed by atoms with Gasteiger partial charge in [0.05, 0.1) is 17.3 Å². The van der Waals surface area contributed by atoms with Crippen LogP contribution in [-0.4, -0.2) is 55.5 Å². The lowest BCUT2D eigenvalue weighted by molar-refractivity contribution is 0.0940. The Morgan fingerprint density at radius 3 is 2.48 bits per heavy atom. The molecule has 0 spiro atoms. The lowest BCUT2D eigenvalue weighted by Gasteiger charge is -2.25. The van der Waals surface area contributed by atoms with Crippen molar-refractivity contribution in [3.05, 3.63) is 52.8 Å². The fourth-order valence-corrected chi connectivity index (χ4v) is 2.65. The van der Waals surface area contributed by atoms with Gasteiger partial charge in [-0.25, -0.2) is 9.97 Å². The Morgan fingerprint density at radius 1 is 1.20 bits per heavy atom. The van der Waals surface area contributed by atoms with Crippen molar-refractivity contribution in [1.29, 1.82) is 0 Å². The zero-order valence-electron chi connectivity index (χ0n) is 15.9. The quantitative estimate of drug-likeness (QED) is 0.873. The smallest absolute Gasteiger partial charge is 0.254 e. The lowest BCUT2D eigenvalue weighted by Crippen LogP contribution is -2.35. The highest BCUT2D eigenvalue weighted by Crippen LogP contribution is 2.19. The summed E-state index contributed by atoms with van der Waals surface area (Å²) in [5.74, 6) is 0.447. The number of aromatic nitrogens is 2. The SMILES string of the molecule is Cc1cccc([C@@H](CNC(=O)c2cnc(N(C)C)nc2C)N(C)C)c1. The molecule has 2 aromatic rings. The molecule has 0 aliphatic rings. The van der Waals surface area contributed by atoms with Crippen molar-refractivity contribution in [2.45, 2.75) is 19.9 Å². The van der Waals surface area contributed by atoms with Crippen LogP contribution in [0.4, 0.5) is 5.95 Å². The lowest BCUT2D eigenvalue weighted by atomic mass is 10.0. The van der Waals surface area contributed by atoms with Gasteiger partial charge < -0.3 is 15.1 Å². The Balaban J connectivity index is 2.11. The Labute approximate surface area is 149 Å². The number of carbonyl (C=O) groups is 1. The Kier molecular flexibility index (Phi) is 6.09. The summed E-state index contributed by atoms with van der Waals surface area (Å²) in [6.45, 7) is 4.42. The van der Waals surface area contributed by atoms with E-state index in [1.54, 1.807) is 6.20 Å². The van der Waals surface area contributed by atoms with E-state index in [2.05, 4.69) is 45.3 Å². The summed E-state index contributed by atoms with van der Waals surface area (Å²) in [7, 11) is 7.77. The minimum atomic E-state index is -0.151.